The van der Waals surface area contributed by atoms with Crippen LogP contribution < -0.4 is 11.3 Å². The topological polar surface area (TPSA) is 63.8 Å². The molecule has 0 aliphatic rings. The van der Waals surface area contributed by atoms with Crippen LogP contribution in [0, 0.1) is 0 Å². The van der Waals surface area contributed by atoms with E-state index in [0.29, 0.717) is 5.13 Å². The van der Waals surface area contributed by atoms with E-state index in [1.165, 1.54) is 16.2 Å². The van der Waals surface area contributed by atoms with Gasteiger partial charge in [0.1, 0.15) is 5.01 Å². The third-order valence-electron chi connectivity index (χ3n) is 1.77. The molecule has 4 nitrogen and oxygen atoms in total. The molecule has 0 fully saturated rings. The van der Waals surface area contributed by atoms with Gasteiger partial charge < -0.3 is 0 Å². The van der Waals surface area contributed by atoms with E-state index in [4.69, 9.17) is 5.84 Å². The maximum Gasteiger partial charge on any atom is 0.219 e. The fourth-order valence-electron chi connectivity index (χ4n) is 1.05. The predicted molar refractivity (Wildman–Crippen MR) is 71.4 cm³/mol. The number of thioether (sulfide) groups is 1. The monoisotopic (exact) mass is 316 g/mol. The van der Waals surface area contributed by atoms with Crippen molar-refractivity contribution in [2.45, 2.75) is 10.6 Å². The minimum Gasteiger partial charge on any atom is -0.298 e. The van der Waals surface area contributed by atoms with E-state index in [0.717, 1.165) is 15.2 Å². The van der Waals surface area contributed by atoms with Crippen LogP contribution in [0.3, 0.4) is 0 Å². The summed E-state index contributed by atoms with van der Waals surface area (Å²) in [5.41, 5.74) is 2.48. The Morgan fingerprint density at radius 1 is 1.31 bits per heavy atom. The second kappa shape index (κ2) is 5.62. The van der Waals surface area contributed by atoms with Gasteiger partial charge in [0.2, 0.25) is 5.13 Å². The van der Waals surface area contributed by atoms with Gasteiger partial charge in [0.05, 0.1) is 5.75 Å². The third kappa shape index (κ3) is 3.18. The molecule has 0 aliphatic heterocycles. The molecule has 0 saturated carbocycles. The van der Waals surface area contributed by atoms with Crippen molar-refractivity contribution in [3.63, 3.8) is 0 Å². The molecule has 84 valence electrons. The number of hydrogen-bond acceptors (Lipinski definition) is 6. The number of nitrogens with one attached hydrogen (secondary N) is 1. The molecule has 16 heavy (non-hydrogen) atoms. The van der Waals surface area contributed by atoms with Crippen molar-refractivity contribution < 1.29 is 0 Å². The highest BCUT2D eigenvalue weighted by molar-refractivity contribution is 9.10. The van der Waals surface area contributed by atoms with Crippen molar-refractivity contribution in [3.8, 4) is 0 Å². The molecule has 0 saturated heterocycles. The van der Waals surface area contributed by atoms with E-state index in [1.54, 1.807) is 11.8 Å². The molecule has 1 aromatic carbocycles. The lowest BCUT2D eigenvalue weighted by Crippen LogP contribution is -2.05. The maximum atomic E-state index is 5.23. The zero-order chi connectivity index (χ0) is 11.4. The molecule has 1 aromatic heterocycles. The number of nitrogens with zero attached hydrogens (tertiary/aromatic N) is 2. The molecule has 0 aliphatic carbocycles. The van der Waals surface area contributed by atoms with E-state index < -0.39 is 0 Å². The SMILES string of the molecule is NNc1nnc(CSc2ccc(Br)cc2)s1. The van der Waals surface area contributed by atoms with Gasteiger partial charge in [-0.3, -0.25) is 5.43 Å². The highest BCUT2D eigenvalue weighted by Crippen LogP contribution is 2.26. The first-order chi connectivity index (χ1) is 7.78. The Balaban J connectivity index is 1.94. The number of benzene rings is 1. The van der Waals surface area contributed by atoms with Crippen molar-refractivity contribution in [2.75, 3.05) is 5.43 Å². The zero-order valence-electron chi connectivity index (χ0n) is 8.18. The first-order valence-corrected chi connectivity index (χ1v) is 7.05. The minimum absolute atomic E-state index is 0.645. The van der Waals surface area contributed by atoms with Crippen LogP contribution in [0.4, 0.5) is 5.13 Å². The number of aromatic nitrogens is 2. The van der Waals surface area contributed by atoms with Crippen LogP contribution in [0.15, 0.2) is 33.6 Å². The Morgan fingerprint density at radius 3 is 2.69 bits per heavy atom. The van der Waals surface area contributed by atoms with Crippen molar-refractivity contribution >= 4 is 44.2 Å². The predicted octanol–water partition coefficient (Wildman–Crippen LogP) is 2.88. The van der Waals surface area contributed by atoms with E-state index >= 15 is 0 Å². The van der Waals surface area contributed by atoms with Gasteiger partial charge in [0, 0.05) is 9.37 Å². The Kier molecular flexibility index (Phi) is 4.16. The zero-order valence-corrected chi connectivity index (χ0v) is 11.4. The molecule has 7 heteroatoms. The summed E-state index contributed by atoms with van der Waals surface area (Å²) in [5.74, 6) is 6.04. The van der Waals surface area contributed by atoms with Gasteiger partial charge in [-0.15, -0.1) is 22.0 Å². The van der Waals surface area contributed by atoms with Gasteiger partial charge in [-0.05, 0) is 24.3 Å². The number of nitrogen functional groups attached to an aromatic ring is 1. The first-order valence-electron chi connectivity index (χ1n) is 4.45. The maximum absolute atomic E-state index is 5.23. The largest absolute Gasteiger partial charge is 0.298 e. The molecule has 0 unspecified atom stereocenters. The van der Waals surface area contributed by atoms with E-state index in [-0.39, 0.29) is 0 Å². The summed E-state index contributed by atoms with van der Waals surface area (Å²) in [6.07, 6.45) is 0. The average Bonchev–Trinajstić information content (AvgIpc) is 2.76. The van der Waals surface area contributed by atoms with Gasteiger partial charge in [0.25, 0.3) is 0 Å². The van der Waals surface area contributed by atoms with Gasteiger partial charge >= 0.3 is 0 Å². The van der Waals surface area contributed by atoms with E-state index in [2.05, 4.69) is 43.7 Å². The normalized spacial score (nSPS) is 10.4. The summed E-state index contributed by atoms with van der Waals surface area (Å²) in [5, 5.41) is 9.49. The highest BCUT2D eigenvalue weighted by atomic mass is 79.9. The van der Waals surface area contributed by atoms with Gasteiger partial charge in [0.15, 0.2) is 0 Å². The summed E-state index contributed by atoms with van der Waals surface area (Å²) in [6, 6.07) is 8.18. The third-order valence-corrected chi connectivity index (χ3v) is 4.36. The Bertz CT molecular complexity index is 457. The summed E-state index contributed by atoms with van der Waals surface area (Å²) >= 11 is 6.59. The molecule has 0 bridgehead atoms. The van der Waals surface area contributed by atoms with Crippen LogP contribution in [0.2, 0.25) is 0 Å². The second-order valence-corrected chi connectivity index (χ2v) is 5.91. The summed E-state index contributed by atoms with van der Waals surface area (Å²) in [4.78, 5) is 1.21. The standard InChI is InChI=1S/C9H9BrN4S2/c10-6-1-3-7(4-2-6)15-5-8-13-14-9(12-11)16-8/h1-4H,5,11H2,(H,12,14). The molecular formula is C9H9BrN4S2. The lowest BCUT2D eigenvalue weighted by atomic mass is 10.4. The summed E-state index contributed by atoms with van der Waals surface area (Å²) in [7, 11) is 0. The van der Waals surface area contributed by atoms with Gasteiger partial charge in [-0.1, -0.05) is 27.3 Å². The van der Waals surface area contributed by atoms with Crippen molar-refractivity contribution in [1.29, 1.82) is 0 Å². The molecule has 3 N–H and O–H groups in total. The molecule has 2 aromatic rings. The summed E-state index contributed by atoms with van der Waals surface area (Å²) in [6.45, 7) is 0. The molecule has 2 rings (SSSR count). The number of hydrogen-bond donors (Lipinski definition) is 2. The Labute approximate surface area is 110 Å². The number of nitrogens with two attached hydrogens (primary N) is 1. The second-order valence-electron chi connectivity index (χ2n) is 2.89. The van der Waals surface area contributed by atoms with Crippen LogP contribution in [0.25, 0.3) is 0 Å². The van der Waals surface area contributed by atoms with Crippen LogP contribution in [0.1, 0.15) is 5.01 Å². The number of anilines is 1. The molecule has 0 radical (unpaired) electrons. The smallest absolute Gasteiger partial charge is 0.219 e. The molecule has 0 spiro atoms. The van der Waals surface area contributed by atoms with Crippen LogP contribution >= 0.6 is 39.0 Å². The fourth-order valence-corrected chi connectivity index (χ4v) is 2.84. The van der Waals surface area contributed by atoms with Crippen molar-refractivity contribution in [1.82, 2.24) is 10.2 Å². The van der Waals surface area contributed by atoms with Crippen LogP contribution in [0.5, 0.6) is 0 Å². The molecule has 0 atom stereocenters. The molecule has 1 heterocycles. The number of hydrazine groups is 1. The molecular weight excluding hydrogens is 308 g/mol. The minimum atomic E-state index is 0.645. The lowest BCUT2D eigenvalue weighted by Gasteiger charge is -1.98. The fraction of sp³-hybridized carbons (Fsp3) is 0.111. The highest BCUT2D eigenvalue weighted by Gasteiger charge is 2.03. The number of halogens is 1. The average molecular weight is 317 g/mol. The Hall–Kier alpha value is -0.630. The Morgan fingerprint density at radius 2 is 2.06 bits per heavy atom. The lowest BCUT2D eigenvalue weighted by molar-refractivity contribution is 1.03. The quantitative estimate of drug-likeness (QED) is 0.516. The summed E-state index contributed by atoms with van der Waals surface area (Å²) < 4.78 is 1.09. The van der Waals surface area contributed by atoms with Crippen molar-refractivity contribution in [2.24, 2.45) is 5.84 Å². The van der Waals surface area contributed by atoms with E-state index in [1.807, 2.05) is 12.1 Å². The van der Waals surface area contributed by atoms with Crippen LogP contribution in [-0.2, 0) is 5.75 Å². The van der Waals surface area contributed by atoms with Crippen molar-refractivity contribution in [3.05, 3.63) is 33.7 Å². The van der Waals surface area contributed by atoms with Gasteiger partial charge in [-0.25, -0.2) is 5.84 Å². The van der Waals surface area contributed by atoms with E-state index in [9.17, 15) is 0 Å². The number of rotatable bonds is 4. The van der Waals surface area contributed by atoms with Gasteiger partial charge in [-0.2, -0.15) is 0 Å². The van der Waals surface area contributed by atoms with Crippen LogP contribution in [-0.4, -0.2) is 10.2 Å². The molecule has 0 amide bonds. The first kappa shape index (κ1) is 11.8.